The molecule has 5 heteroatoms. The number of carbonyl (C=O) groups is 1. The van der Waals surface area contributed by atoms with Gasteiger partial charge in [0.15, 0.2) is 0 Å². The summed E-state index contributed by atoms with van der Waals surface area (Å²) in [7, 11) is 1.80. The molecule has 1 amide bonds. The Morgan fingerprint density at radius 1 is 1.00 bits per heavy atom. The summed E-state index contributed by atoms with van der Waals surface area (Å²) in [6.07, 6.45) is 0.312. The number of hydrogen-bond donors (Lipinski definition) is 2. The minimum absolute atomic E-state index is 0.0427. The van der Waals surface area contributed by atoms with Crippen molar-refractivity contribution >= 4 is 16.9 Å². The summed E-state index contributed by atoms with van der Waals surface area (Å²) in [5, 5.41) is 0. The summed E-state index contributed by atoms with van der Waals surface area (Å²) < 4.78 is 0. The van der Waals surface area contributed by atoms with Crippen LogP contribution in [0.25, 0.3) is 11.0 Å². The van der Waals surface area contributed by atoms with E-state index in [1.807, 2.05) is 48.5 Å². The molecule has 5 nitrogen and oxygen atoms in total. The Labute approximate surface area is 127 Å². The topological polar surface area (TPSA) is 69.0 Å². The number of aromatic amines is 2. The molecule has 0 radical (unpaired) electrons. The van der Waals surface area contributed by atoms with Crippen LogP contribution in [-0.2, 0) is 17.8 Å². The second kappa shape index (κ2) is 5.89. The number of hydrogen-bond acceptors (Lipinski definition) is 2. The third kappa shape index (κ3) is 3.09. The average molecular weight is 295 g/mol. The van der Waals surface area contributed by atoms with Gasteiger partial charge in [-0.1, -0.05) is 36.4 Å². The molecule has 0 saturated carbocycles. The van der Waals surface area contributed by atoms with Crippen LogP contribution in [0.15, 0.2) is 53.3 Å². The van der Waals surface area contributed by atoms with Gasteiger partial charge in [-0.15, -0.1) is 0 Å². The Bertz CT molecular complexity index is 849. The number of nitrogens with one attached hydrogen (secondary N) is 2. The zero-order valence-corrected chi connectivity index (χ0v) is 12.3. The maximum Gasteiger partial charge on any atom is 0.323 e. The molecule has 0 bridgehead atoms. The number of benzene rings is 2. The Hall–Kier alpha value is -2.82. The number of aromatic nitrogens is 2. The fraction of sp³-hybridized carbons (Fsp3) is 0.176. The van der Waals surface area contributed by atoms with E-state index in [0.717, 1.165) is 22.2 Å². The smallest absolute Gasteiger partial charge is 0.323 e. The second-order valence-electron chi connectivity index (χ2n) is 5.37. The number of rotatable bonds is 4. The van der Waals surface area contributed by atoms with Crippen molar-refractivity contribution in [2.24, 2.45) is 0 Å². The quantitative estimate of drug-likeness (QED) is 0.773. The van der Waals surface area contributed by atoms with Crippen LogP contribution >= 0.6 is 0 Å². The van der Waals surface area contributed by atoms with Crippen molar-refractivity contribution in [2.75, 3.05) is 7.05 Å². The molecular weight excluding hydrogens is 278 g/mol. The molecule has 112 valence electrons. The summed E-state index contributed by atoms with van der Waals surface area (Å²) in [5.74, 6) is 0.0427. The van der Waals surface area contributed by atoms with Crippen molar-refractivity contribution in [3.05, 3.63) is 70.1 Å². The van der Waals surface area contributed by atoms with Crippen LogP contribution in [0, 0.1) is 0 Å². The number of imidazole rings is 1. The van der Waals surface area contributed by atoms with Crippen LogP contribution in [-0.4, -0.2) is 27.8 Å². The van der Waals surface area contributed by atoms with E-state index in [1.165, 1.54) is 0 Å². The van der Waals surface area contributed by atoms with Gasteiger partial charge in [-0.3, -0.25) is 4.79 Å². The Kier molecular flexibility index (Phi) is 3.78. The molecule has 22 heavy (non-hydrogen) atoms. The van der Waals surface area contributed by atoms with E-state index in [0.29, 0.717) is 13.0 Å². The number of fused-ring (bicyclic) bond motifs is 1. The number of amides is 1. The lowest BCUT2D eigenvalue weighted by molar-refractivity contribution is -0.129. The molecule has 1 heterocycles. The van der Waals surface area contributed by atoms with Gasteiger partial charge in [-0.2, -0.15) is 0 Å². The lowest BCUT2D eigenvalue weighted by Gasteiger charge is -2.17. The van der Waals surface area contributed by atoms with Gasteiger partial charge in [0.2, 0.25) is 5.91 Å². The minimum Gasteiger partial charge on any atom is -0.341 e. The van der Waals surface area contributed by atoms with Gasteiger partial charge in [0, 0.05) is 13.6 Å². The molecule has 0 fully saturated rings. The normalized spacial score (nSPS) is 10.8. The fourth-order valence-corrected chi connectivity index (χ4v) is 2.44. The van der Waals surface area contributed by atoms with E-state index in [9.17, 15) is 9.59 Å². The van der Waals surface area contributed by atoms with Crippen molar-refractivity contribution in [2.45, 2.75) is 13.0 Å². The van der Waals surface area contributed by atoms with Crippen molar-refractivity contribution in [1.29, 1.82) is 0 Å². The first-order chi connectivity index (χ1) is 10.6. The standard InChI is InChI=1S/C17H17N3O2/c1-20(11-12-5-3-2-4-6-12)16(21)10-13-7-8-14-15(9-13)19-17(22)18-14/h2-9H,10-11H2,1H3,(H2,18,19,22). The highest BCUT2D eigenvalue weighted by molar-refractivity contribution is 5.81. The molecule has 0 saturated heterocycles. The van der Waals surface area contributed by atoms with Gasteiger partial charge in [-0.05, 0) is 23.3 Å². The van der Waals surface area contributed by atoms with Crippen molar-refractivity contribution in [3.63, 3.8) is 0 Å². The maximum absolute atomic E-state index is 12.3. The molecule has 0 aliphatic rings. The maximum atomic E-state index is 12.3. The zero-order chi connectivity index (χ0) is 15.5. The number of carbonyl (C=O) groups excluding carboxylic acids is 1. The Morgan fingerprint density at radius 2 is 1.73 bits per heavy atom. The van der Waals surface area contributed by atoms with E-state index in [4.69, 9.17) is 0 Å². The summed E-state index contributed by atoms with van der Waals surface area (Å²) >= 11 is 0. The van der Waals surface area contributed by atoms with E-state index < -0.39 is 0 Å². The lowest BCUT2D eigenvalue weighted by atomic mass is 10.1. The first-order valence-electron chi connectivity index (χ1n) is 7.10. The Morgan fingerprint density at radius 3 is 2.50 bits per heavy atom. The first-order valence-corrected chi connectivity index (χ1v) is 7.10. The van der Waals surface area contributed by atoms with Gasteiger partial charge in [-0.25, -0.2) is 4.79 Å². The molecule has 0 unspecified atom stereocenters. The van der Waals surface area contributed by atoms with Gasteiger partial charge < -0.3 is 14.9 Å². The summed E-state index contributed by atoms with van der Waals surface area (Å²) in [6, 6.07) is 15.4. The number of likely N-dealkylation sites (N-methyl/N-ethyl adjacent to an activating group) is 1. The molecule has 2 aromatic carbocycles. The van der Waals surface area contributed by atoms with Crippen molar-refractivity contribution in [1.82, 2.24) is 14.9 Å². The molecule has 3 aromatic rings. The molecule has 1 aromatic heterocycles. The van der Waals surface area contributed by atoms with Crippen molar-refractivity contribution in [3.8, 4) is 0 Å². The van der Waals surface area contributed by atoms with E-state index in [2.05, 4.69) is 9.97 Å². The summed E-state index contributed by atoms with van der Waals surface area (Å²) in [6.45, 7) is 0.586. The molecule has 0 spiro atoms. The van der Waals surface area contributed by atoms with Crippen LogP contribution in [0.5, 0.6) is 0 Å². The molecule has 0 aliphatic carbocycles. The average Bonchev–Trinajstić information content (AvgIpc) is 2.87. The van der Waals surface area contributed by atoms with E-state index in [-0.39, 0.29) is 11.6 Å². The van der Waals surface area contributed by atoms with Crippen LogP contribution in [0.2, 0.25) is 0 Å². The molecule has 2 N–H and O–H groups in total. The fourth-order valence-electron chi connectivity index (χ4n) is 2.44. The zero-order valence-electron chi connectivity index (χ0n) is 12.3. The van der Waals surface area contributed by atoms with Crippen LogP contribution in [0.3, 0.4) is 0 Å². The molecule has 0 atom stereocenters. The summed E-state index contributed by atoms with van der Waals surface area (Å²) in [4.78, 5) is 30.7. The van der Waals surface area contributed by atoms with Gasteiger partial charge in [0.1, 0.15) is 0 Å². The highest BCUT2D eigenvalue weighted by Gasteiger charge is 2.11. The predicted octanol–water partition coefficient (Wildman–Crippen LogP) is 2.06. The number of nitrogens with zero attached hydrogens (tertiary/aromatic N) is 1. The molecular formula is C17H17N3O2. The SMILES string of the molecule is CN(Cc1ccccc1)C(=O)Cc1ccc2[nH]c(=O)[nH]c2c1. The largest absolute Gasteiger partial charge is 0.341 e. The highest BCUT2D eigenvalue weighted by Crippen LogP contribution is 2.12. The molecule has 0 aliphatic heterocycles. The Balaban J connectivity index is 1.70. The second-order valence-corrected chi connectivity index (χ2v) is 5.37. The van der Waals surface area contributed by atoms with Gasteiger partial charge in [0.05, 0.1) is 17.5 Å². The summed E-state index contributed by atoms with van der Waals surface area (Å²) in [5.41, 5.74) is 3.22. The lowest BCUT2D eigenvalue weighted by Crippen LogP contribution is -2.27. The predicted molar refractivity (Wildman–Crippen MR) is 85.5 cm³/mol. The minimum atomic E-state index is -0.236. The van der Waals surface area contributed by atoms with Crippen LogP contribution in [0.4, 0.5) is 0 Å². The third-order valence-corrected chi connectivity index (χ3v) is 3.62. The number of H-pyrrole nitrogens is 2. The van der Waals surface area contributed by atoms with Crippen LogP contribution < -0.4 is 5.69 Å². The van der Waals surface area contributed by atoms with Gasteiger partial charge >= 0.3 is 5.69 Å². The van der Waals surface area contributed by atoms with Gasteiger partial charge in [0.25, 0.3) is 0 Å². The van der Waals surface area contributed by atoms with Crippen molar-refractivity contribution < 1.29 is 4.79 Å². The first kappa shape index (κ1) is 14.1. The highest BCUT2D eigenvalue weighted by atomic mass is 16.2. The third-order valence-electron chi connectivity index (χ3n) is 3.62. The van der Waals surface area contributed by atoms with Crippen LogP contribution in [0.1, 0.15) is 11.1 Å². The molecule has 3 rings (SSSR count). The van der Waals surface area contributed by atoms with E-state index in [1.54, 1.807) is 11.9 Å². The monoisotopic (exact) mass is 295 g/mol. The van der Waals surface area contributed by atoms with E-state index >= 15 is 0 Å².